The lowest BCUT2D eigenvalue weighted by Crippen LogP contribution is -2.25. The van der Waals surface area contributed by atoms with Gasteiger partial charge in [-0.15, -0.1) is 0 Å². The number of likely N-dealkylation sites (tertiary alicyclic amines) is 1. The van der Waals surface area contributed by atoms with Crippen molar-refractivity contribution in [3.63, 3.8) is 0 Å². The molecule has 2 aliphatic heterocycles. The van der Waals surface area contributed by atoms with E-state index in [0.717, 1.165) is 41.1 Å². The monoisotopic (exact) mass is 406 g/mol. The summed E-state index contributed by atoms with van der Waals surface area (Å²) in [5, 5.41) is -0.361. The van der Waals surface area contributed by atoms with Gasteiger partial charge in [-0.3, -0.25) is 9.88 Å². The number of methoxy groups -OCH3 is 1. The highest BCUT2D eigenvalue weighted by atomic mass is 32.2. The molecule has 29 heavy (non-hydrogen) atoms. The summed E-state index contributed by atoms with van der Waals surface area (Å²) in [6.07, 6.45) is 3.55. The Kier molecular flexibility index (Phi) is 4.41. The maximum Gasteiger partial charge on any atom is 0.183 e. The van der Waals surface area contributed by atoms with Gasteiger partial charge >= 0.3 is 0 Å². The van der Waals surface area contributed by atoms with E-state index in [2.05, 4.69) is 9.88 Å². The lowest BCUT2D eigenvalue weighted by molar-refractivity contribution is 0.325. The van der Waals surface area contributed by atoms with Gasteiger partial charge in [0.2, 0.25) is 0 Å². The van der Waals surface area contributed by atoms with Gasteiger partial charge in [-0.05, 0) is 52.6 Å². The fraction of sp³-hybridized carbons (Fsp3) is 0.261. The molecule has 3 aromatic rings. The summed E-state index contributed by atoms with van der Waals surface area (Å²) in [5.74, 6) is 0.844. The van der Waals surface area contributed by atoms with Crippen molar-refractivity contribution in [1.29, 1.82) is 0 Å². The Labute approximate surface area is 170 Å². The Hall–Kier alpha value is -2.70. The molecule has 0 amide bonds. The molecule has 2 aromatic carbocycles. The van der Waals surface area contributed by atoms with E-state index in [-0.39, 0.29) is 11.2 Å². The second-order valence-corrected chi connectivity index (χ2v) is 9.86. The largest absolute Gasteiger partial charge is 0.497 e. The first-order valence-corrected chi connectivity index (χ1v) is 11.2. The zero-order chi connectivity index (χ0) is 20.0. The fourth-order valence-electron chi connectivity index (χ4n) is 4.56. The van der Waals surface area contributed by atoms with Crippen molar-refractivity contribution in [1.82, 2.24) is 9.88 Å². The van der Waals surface area contributed by atoms with E-state index in [0.29, 0.717) is 11.4 Å². The first kappa shape index (κ1) is 18.3. The molecule has 0 aliphatic carbocycles. The molecule has 0 bridgehead atoms. The minimum absolute atomic E-state index is 0.0184. The van der Waals surface area contributed by atoms with Crippen LogP contribution in [0.3, 0.4) is 0 Å². The van der Waals surface area contributed by atoms with E-state index in [9.17, 15) is 8.42 Å². The first-order chi connectivity index (χ1) is 14.1. The molecule has 0 saturated carbocycles. The minimum Gasteiger partial charge on any atom is -0.497 e. The number of ether oxygens (including phenoxy) is 1. The molecule has 0 radical (unpaired) electrons. The summed E-state index contributed by atoms with van der Waals surface area (Å²) < 4.78 is 31.5. The maximum atomic E-state index is 13.1. The number of benzene rings is 2. The Morgan fingerprint density at radius 1 is 1.07 bits per heavy atom. The van der Waals surface area contributed by atoms with Gasteiger partial charge in [-0.25, -0.2) is 8.42 Å². The highest BCUT2D eigenvalue weighted by Crippen LogP contribution is 2.46. The van der Waals surface area contributed by atoms with Crippen LogP contribution in [0.25, 0.3) is 11.1 Å². The van der Waals surface area contributed by atoms with E-state index in [1.165, 1.54) is 0 Å². The van der Waals surface area contributed by atoms with E-state index in [1.807, 2.05) is 54.7 Å². The van der Waals surface area contributed by atoms with Crippen LogP contribution in [0.2, 0.25) is 0 Å². The van der Waals surface area contributed by atoms with Crippen LogP contribution in [0, 0.1) is 0 Å². The molecule has 1 aromatic heterocycles. The van der Waals surface area contributed by atoms with Crippen LogP contribution in [-0.2, 0) is 16.4 Å². The molecule has 6 heteroatoms. The molecule has 1 saturated heterocycles. The van der Waals surface area contributed by atoms with Crippen LogP contribution in [0.15, 0.2) is 71.9 Å². The van der Waals surface area contributed by atoms with E-state index >= 15 is 0 Å². The number of sulfone groups is 1. The van der Waals surface area contributed by atoms with Crippen molar-refractivity contribution >= 4 is 9.84 Å². The molecule has 5 rings (SSSR count). The van der Waals surface area contributed by atoms with Crippen LogP contribution >= 0.6 is 0 Å². The number of pyridine rings is 1. The number of fused-ring (bicyclic) bond motifs is 3. The van der Waals surface area contributed by atoms with E-state index in [1.54, 1.807) is 19.4 Å². The molecular formula is C23H22N2O3S. The predicted molar refractivity (Wildman–Crippen MR) is 112 cm³/mol. The quantitative estimate of drug-likeness (QED) is 0.664. The highest BCUT2D eigenvalue weighted by Gasteiger charge is 2.50. The molecular weight excluding hydrogens is 384 g/mol. The third kappa shape index (κ3) is 3.12. The van der Waals surface area contributed by atoms with Crippen molar-refractivity contribution in [2.75, 3.05) is 20.2 Å². The second kappa shape index (κ2) is 6.97. The molecule has 2 atom stereocenters. The zero-order valence-corrected chi connectivity index (χ0v) is 17.0. The molecule has 0 unspecified atom stereocenters. The van der Waals surface area contributed by atoms with Crippen molar-refractivity contribution in [3.8, 4) is 16.9 Å². The van der Waals surface area contributed by atoms with Gasteiger partial charge in [-0.2, -0.15) is 0 Å². The Bertz CT molecular complexity index is 1140. The lowest BCUT2D eigenvalue weighted by atomic mass is 9.95. The van der Waals surface area contributed by atoms with Crippen molar-refractivity contribution < 1.29 is 13.2 Å². The van der Waals surface area contributed by atoms with E-state index in [4.69, 9.17) is 4.74 Å². The molecule has 0 N–H and O–H groups in total. The number of nitrogens with zero attached hydrogens (tertiary/aromatic N) is 2. The normalized spacial score (nSPS) is 22.2. The molecule has 0 spiro atoms. The number of hydrogen-bond acceptors (Lipinski definition) is 5. The Morgan fingerprint density at radius 2 is 1.90 bits per heavy atom. The standard InChI is InChI=1S/C23H22N2O3S/c1-28-19-7-4-16(5-8-19)13-25-14-21-20-11-17(18-3-2-10-24-12-18)6-9-22(20)29(26,27)23(21)15-25/h2-12,21,23H,13-15H2,1H3/t21-,23-/m0/s1. The second-order valence-electron chi connectivity index (χ2n) is 7.73. The highest BCUT2D eigenvalue weighted by molar-refractivity contribution is 7.92. The molecule has 148 valence electrons. The average molecular weight is 407 g/mol. The van der Waals surface area contributed by atoms with E-state index < -0.39 is 9.84 Å². The molecule has 1 fully saturated rings. The summed E-state index contributed by atoms with van der Waals surface area (Å²) >= 11 is 0. The first-order valence-electron chi connectivity index (χ1n) is 9.70. The smallest absolute Gasteiger partial charge is 0.183 e. The molecule has 2 aliphatic rings. The van der Waals surface area contributed by atoms with Gasteiger partial charge in [0, 0.05) is 37.9 Å². The predicted octanol–water partition coefficient (Wildman–Crippen LogP) is 3.51. The van der Waals surface area contributed by atoms with Crippen molar-refractivity contribution in [2.24, 2.45) is 0 Å². The van der Waals surface area contributed by atoms with Gasteiger partial charge in [0.25, 0.3) is 0 Å². The third-order valence-corrected chi connectivity index (χ3v) is 8.28. The van der Waals surface area contributed by atoms with Crippen LogP contribution in [0.1, 0.15) is 17.0 Å². The molecule has 3 heterocycles. The van der Waals surface area contributed by atoms with Crippen LogP contribution < -0.4 is 4.74 Å². The fourth-order valence-corrected chi connectivity index (χ4v) is 6.75. The SMILES string of the molecule is COc1ccc(CN2C[C@H]3c4cc(-c5cccnc5)ccc4S(=O)(=O)[C@H]3C2)cc1. The lowest BCUT2D eigenvalue weighted by Gasteiger charge is -2.18. The zero-order valence-electron chi connectivity index (χ0n) is 16.2. The Balaban J connectivity index is 1.43. The van der Waals surface area contributed by atoms with Crippen LogP contribution in [0.4, 0.5) is 0 Å². The van der Waals surface area contributed by atoms with Crippen LogP contribution in [0.5, 0.6) is 5.75 Å². The van der Waals surface area contributed by atoms with Crippen LogP contribution in [-0.4, -0.2) is 43.8 Å². The van der Waals surface area contributed by atoms with Gasteiger partial charge in [0.1, 0.15) is 5.75 Å². The van der Waals surface area contributed by atoms with Gasteiger partial charge in [-0.1, -0.05) is 24.3 Å². The summed E-state index contributed by atoms with van der Waals surface area (Å²) in [7, 11) is -1.64. The summed E-state index contributed by atoms with van der Waals surface area (Å²) in [6.45, 7) is 2.06. The molecule has 5 nitrogen and oxygen atoms in total. The topological polar surface area (TPSA) is 59.5 Å². The van der Waals surface area contributed by atoms with Crippen molar-refractivity contribution in [2.45, 2.75) is 22.6 Å². The summed E-state index contributed by atoms with van der Waals surface area (Å²) in [4.78, 5) is 6.93. The minimum atomic E-state index is -3.30. The van der Waals surface area contributed by atoms with Gasteiger partial charge in [0.15, 0.2) is 9.84 Å². The third-order valence-electron chi connectivity index (χ3n) is 6.02. The summed E-state index contributed by atoms with van der Waals surface area (Å²) in [6, 6.07) is 17.6. The number of rotatable bonds is 4. The Morgan fingerprint density at radius 3 is 2.62 bits per heavy atom. The van der Waals surface area contributed by atoms with Gasteiger partial charge in [0.05, 0.1) is 17.3 Å². The van der Waals surface area contributed by atoms with Gasteiger partial charge < -0.3 is 4.74 Å². The summed E-state index contributed by atoms with van der Waals surface area (Å²) in [5.41, 5.74) is 4.13. The van der Waals surface area contributed by atoms with Crippen molar-refractivity contribution in [3.05, 3.63) is 78.1 Å². The number of aromatic nitrogens is 1. The maximum absolute atomic E-state index is 13.1. The number of hydrogen-bond donors (Lipinski definition) is 0. The average Bonchev–Trinajstić information content (AvgIpc) is 3.26.